The summed E-state index contributed by atoms with van der Waals surface area (Å²) >= 11 is 0.543. The second-order valence-electron chi connectivity index (χ2n) is 25.3. The van der Waals surface area contributed by atoms with Crippen LogP contribution in [0.1, 0.15) is 108 Å². The fourth-order valence-corrected chi connectivity index (χ4v) is 69.4. The Labute approximate surface area is 390 Å². The standard InChI is InChI=1S/C27H59Si6.C15H23.C7H6NSSe.Sn/c1-28(2,3)25(29(4,5)6)22-19-23(26(30(7,8)9)31(10,11)12)21-24(20-22)27(32(13,14)15)33(16,17)18;1-10(2)13-7-14(11(3)4)9-15(8-13)12(5)6;9-7(10)8-6-4-2-1-3-5-6;/h19-20,25-27H,1-18H3;7-8,10-12H,1-6H3;1-5H,(H,8,9);/q;;;+1/p-1. The van der Waals surface area contributed by atoms with Gasteiger partial charge in [0.1, 0.15) is 0 Å². The van der Waals surface area contributed by atoms with Gasteiger partial charge in [-0.05, 0) is 0 Å². The first-order valence-corrected chi connectivity index (χ1v) is 52.2. The molecule has 0 heterocycles. The molecule has 0 aliphatic heterocycles. The number of rotatable bonds is 16. The summed E-state index contributed by atoms with van der Waals surface area (Å²) in [6, 6.07) is 22.0. The van der Waals surface area contributed by atoms with Gasteiger partial charge in [-0.3, -0.25) is 0 Å². The monoisotopic (exact) mass is 1090 g/mol. The minimum absolute atomic E-state index is 0.441. The summed E-state index contributed by atoms with van der Waals surface area (Å²) in [7, 11) is -7.98. The van der Waals surface area contributed by atoms with Crippen LogP contribution in [-0.4, -0.2) is 86.8 Å². The predicted molar refractivity (Wildman–Crippen MR) is 295 cm³/mol. The van der Waals surface area contributed by atoms with E-state index in [1.54, 1.807) is 20.3 Å². The van der Waals surface area contributed by atoms with E-state index in [1.165, 1.54) is 5.56 Å². The van der Waals surface area contributed by atoms with Crippen molar-refractivity contribution >= 4 is 109 Å². The molecule has 0 aliphatic carbocycles. The predicted octanol–water partition coefficient (Wildman–Crippen LogP) is 15.3. The van der Waals surface area contributed by atoms with Gasteiger partial charge in [0, 0.05) is 0 Å². The van der Waals surface area contributed by atoms with Crippen LogP contribution in [-0.2, 0) is 0 Å². The third-order valence-corrected chi connectivity index (χ3v) is 56.1. The Bertz CT molecular complexity index is 1800. The number of aliphatic imine (C=N–C) groups is 1. The maximum absolute atomic E-state index is 5.42. The summed E-state index contributed by atoms with van der Waals surface area (Å²) in [5.74, 6) is 1.37. The molecule has 0 saturated heterocycles. The van der Waals surface area contributed by atoms with Crippen molar-refractivity contribution in [1.82, 2.24) is 0 Å². The Morgan fingerprint density at radius 2 is 0.780 bits per heavy atom. The SMILES string of the molecule is CC(C)c1cc(C(C)C)[c]([Sn]([S]C([Se])=Nc2ccccc2)[c]2c(C([Si](C)(C)C)[Si](C)(C)C)cc(C([Si](C)(C)C)[Si](C)(C)C)cc2C([Si](C)(C)C)[Si](C)(C)C)c(C(C)C)c1. The molecule has 0 fully saturated rings. The van der Waals surface area contributed by atoms with Gasteiger partial charge in [0.2, 0.25) is 0 Å². The zero-order valence-corrected chi connectivity index (χ0v) is 53.8. The average Bonchev–Trinajstić information content (AvgIpc) is 2.99. The zero-order valence-electron chi connectivity index (χ0n) is 42.4. The van der Waals surface area contributed by atoms with Crippen molar-refractivity contribution in [3.8, 4) is 0 Å². The first-order chi connectivity index (χ1) is 26.5. The van der Waals surface area contributed by atoms with E-state index >= 15 is 0 Å². The Balaban J connectivity index is 2.97. The molecular formula is C49H87NSSeSi6Sn. The average molecular weight is 1090 g/mol. The third-order valence-electron chi connectivity index (χ3n) is 12.1. The van der Waals surface area contributed by atoms with E-state index < -0.39 is 66.8 Å². The van der Waals surface area contributed by atoms with E-state index in [1.807, 2.05) is 14.7 Å². The summed E-state index contributed by atoms with van der Waals surface area (Å²) in [6.45, 7) is 63.4. The Morgan fingerprint density at radius 3 is 1.08 bits per heavy atom. The topological polar surface area (TPSA) is 12.4 Å². The number of para-hydroxylation sites is 1. The van der Waals surface area contributed by atoms with Gasteiger partial charge in [0.15, 0.2) is 0 Å². The van der Waals surface area contributed by atoms with Gasteiger partial charge in [-0.25, -0.2) is 0 Å². The number of nitrogens with zero attached hydrogens (tertiary/aromatic N) is 1. The molecule has 0 N–H and O–H groups in total. The van der Waals surface area contributed by atoms with Gasteiger partial charge < -0.3 is 0 Å². The van der Waals surface area contributed by atoms with Gasteiger partial charge >= 0.3 is 394 Å². The fraction of sp³-hybridized carbons (Fsp3) is 0.612. The van der Waals surface area contributed by atoms with Crippen LogP contribution in [0.3, 0.4) is 0 Å². The Kier molecular flexibility index (Phi) is 18.0. The van der Waals surface area contributed by atoms with Gasteiger partial charge in [-0.2, -0.15) is 0 Å². The van der Waals surface area contributed by atoms with E-state index in [0.717, 1.165) is 9.63 Å². The van der Waals surface area contributed by atoms with E-state index in [0.29, 0.717) is 33.2 Å². The molecule has 2 radical (unpaired) electrons. The van der Waals surface area contributed by atoms with Gasteiger partial charge in [-0.15, -0.1) is 0 Å². The van der Waals surface area contributed by atoms with Crippen molar-refractivity contribution in [1.29, 1.82) is 0 Å². The molecule has 59 heavy (non-hydrogen) atoms. The van der Waals surface area contributed by atoms with E-state index in [-0.39, 0.29) is 0 Å². The van der Waals surface area contributed by atoms with E-state index in [4.69, 9.17) is 4.99 Å². The second-order valence-corrected chi connectivity index (χ2v) is 70.0. The first kappa shape index (κ1) is 53.6. The van der Waals surface area contributed by atoms with Crippen LogP contribution >= 0.6 is 8.95 Å². The summed E-state index contributed by atoms with van der Waals surface area (Å²) in [5, 5.41) is 2.01. The molecule has 0 aromatic heterocycles. The molecule has 0 bridgehead atoms. The van der Waals surface area contributed by atoms with Gasteiger partial charge in [0.25, 0.3) is 0 Å². The molecule has 0 saturated carbocycles. The number of benzene rings is 3. The van der Waals surface area contributed by atoms with Crippen molar-refractivity contribution in [3.63, 3.8) is 0 Å². The van der Waals surface area contributed by atoms with Crippen molar-refractivity contribution in [2.45, 2.75) is 193 Å². The van der Waals surface area contributed by atoms with Crippen molar-refractivity contribution in [2.24, 2.45) is 4.99 Å². The summed E-state index contributed by atoms with van der Waals surface area (Å²) in [6.07, 6.45) is 0. The van der Waals surface area contributed by atoms with Crippen LogP contribution in [0.15, 0.2) is 59.6 Å². The molecule has 3 aromatic rings. The number of hydrogen-bond acceptors (Lipinski definition) is 2. The van der Waals surface area contributed by atoms with Crippen LogP contribution < -0.4 is 7.16 Å². The van der Waals surface area contributed by atoms with Crippen molar-refractivity contribution < 1.29 is 0 Å². The summed E-state index contributed by atoms with van der Waals surface area (Å²) in [4.78, 5) is 5.42. The molecule has 0 atom stereocenters. The minimum atomic E-state index is -3.08. The van der Waals surface area contributed by atoms with Crippen LogP contribution in [0.2, 0.25) is 118 Å². The molecule has 3 rings (SSSR count). The van der Waals surface area contributed by atoms with Crippen LogP contribution in [0.25, 0.3) is 0 Å². The van der Waals surface area contributed by atoms with Gasteiger partial charge in [0.05, 0.1) is 0 Å². The van der Waals surface area contributed by atoms with Crippen molar-refractivity contribution in [3.05, 3.63) is 88.0 Å². The maximum atomic E-state index is 5.42. The molecule has 0 amide bonds. The molecule has 10 heteroatoms. The molecule has 0 unspecified atom stereocenters. The third kappa shape index (κ3) is 13.7. The van der Waals surface area contributed by atoms with Crippen LogP contribution in [0.4, 0.5) is 5.69 Å². The zero-order chi connectivity index (χ0) is 45.6. The first-order valence-electron chi connectivity index (χ1n) is 22.7. The summed E-state index contributed by atoms with van der Waals surface area (Å²) < 4.78 is 4.77. The molecule has 0 aliphatic rings. The molecule has 328 valence electrons. The van der Waals surface area contributed by atoms with E-state index in [2.05, 4.69) is 239 Å². The Morgan fingerprint density at radius 1 is 0.458 bits per heavy atom. The molecule has 3 aromatic carbocycles. The van der Waals surface area contributed by atoms with Crippen LogP contribution in [0, 0.1) is 0 Å². The van der Waals surface area contributed by atoms with Gasteiger partial charge in [-0.1, -0.05) is 0 Å². The van der Waals surface area contributed by atoms with Crippen molar-refractivity contribution in [2.75, 3.05) is 0 Å². The second kappa shape index (κ2) is 19.8. The Hall–Kier alpha value is 0.299. The quantitative estimate of drug-likeness (QED) is 0.0791. The summed E-state index contributed by atoms with van der Waals surface area (Å²) in [5.41, 5.74) is 11.2. The number of hydrogen-bond donors (Lipinski definition) is 0. The normalized spacial score (nSPS) is 14.4. The fourth-order valence-electron chi connectivity index (χ4n) is 11.5. The molecular weight excluding hydrogens is 1000 g/mol. The van der Waals surface area contributed by atoms with E-state index in [9.17, 15) is 0 Å². The molecule has 1 nitrogen and oxygen atoms in total. The molecule has 0 spiro atoms. The van der Waals surface area contributed by atoms with Crippen LogP contribution in [0.5, 0.6) is 0 Å².